The lowest BCUT2D eigenvalue weighted by Gasteiger charge is -2.36. The molecule has 1 fully saturated rings. The number of nitrogens with zero attached hydrogens (tertiary/aromatic N) is 1. The highest BCUT2D eigenvalue weighted by Crippen LogP contribution is 2.21. The van der Waals surface area contributed by atoms with E-state index in [0.717, 1.165) is 0 Å². The van der Waals surface area contributed by atoms with Gasteiger partial charge in [0.2, 0.25) is 0 Å². The zero-order valence-corrected chi connectivity index (χ0v) is 12.8. The molecule has 5 heteroatoms. The molecule has 0 aliphatic carbocycles. The minimum atomic E-state index is -0.352. The van der Waals surface area contributed by atoms with E-state index in [1.165, 1.54) is 0 Å². The smallest absolute Gasteiger partial charge is 0.317 e. The summed E-state index contributed by atoms with van der Waals surface area (Å²) in [5.74, 6) is 0. The lowest BCUT2D eigenvalue weighted by atomic mass is 9.87. The first-order valence-electron chi connectivity index (χ1n) is 7.06. The minimum Gasteiger partial charge on any atom is -0.393 e. The lowest BCUT2D eigenvalue weighted by Crippen LogP contribution is -2.52. The number of carbonyl (C=O) groups is 1. The van der Waals surface area contributed by atoms with Crippen LogP contribution in [0.2, 0.25) is 0 Å². The Morgan fingerprint density at radius 1 is 1.42 bits per heavy atom. The van der Waals surface area contributed by atoms with Crippen LogP contribution in [0, 0.1) is 5.41 Å². The zero-order valence-electron chi connectivity index (χ0n) is 12.8. The second-order valence-electron chi connectivity index (χ2n) is 6.54. The predicted octanol–water partition coefficient (Wildman–Crippen LogP) is 1.60. The monoisotopic (exact) mass is 272 g/mol. The second-order valence-corrected chi connectivity index (χ2v) is 6.54. The first kappa shape index (κ1) is 16.2. The van der Waals surface area contributed by atoms with Crippen LogP contribution in [0.4, 0.5) is 4.79 Å². The molecule has 2 amide bonds. The highest BCUT2D eigenvalue weighted by atomic mass is 16.5. The van der Waals surface area contributed by atoms with Gasteiger partial charge in [-0.25, -0.2) is 4.79 Å². The molecule has 0 bridgehead atoms. The van der Waals surface area contributed by atoms with Crippen LogP contribution in [-0.2, 0) is 4.74 Å². The maximum absolute atomic E-state index is 12.1. The summed E-state index contributed by atoms with van der Waals surface area (Å²) >= 11 is 0. The fourth-order valence-electron chi connectivity index (χ4n) is 2.64. The van der Waals surface area contributed by atoms with Crippen LogP contribution in [0.3, 0.4) is 0 Å². The van der Waals surface area contributed by atoms with Gasteiger partial charge in [-0.1, -0.05) is 13.8 Å². The summed E-state index contributed by atoms with van der Waals surface area (Å²) in [6, 6.07) is -0.0410. The number of aliphatic hydroxyl groups excluding tert-OH is 1. The van der Waals surface area contributed by atoms with Gasteiger partial charge in [0.05, 0.1) is 18.3 Å². The van der Waals surface area contributed by atoms with Crippen molar-refractivity contribution in [1.82, 2.24) is 10.2 Å². The van der Waals surface area contributed by atoms with Crippen molar-refractivity contribution in [3.8, 4) is 0 Å². The molecule has 19 heavy (non-hydrogen) atoms. The third-order valence-corrected chi connectivity index (χ3v) is 3.27. The molecule has 1 heterocycles. The summed E-state index contributed by atoms with van der Waals surface area (Å²) in [7, 11) is 0. The van der Waals surface area contributed by atoms with E-state index in [2.05, 4.69) is 5.32 Å². The number of rotatable bonds is 4. The summed E-state index contributed by atoms with van der Waals surface area (Å²) in [6.07, 6.45) is 0.485. The van der Waals surface area contributed by atoms with Crippen LogP contribution in [-0.4, -0.2) is 54.0 Å². The number of aliphatic hydroxyl groups is 1. The average Bonchev–Trinajstić information content (AvgIpc) is 2.22. The molecule has 1 aliphatic heterocycles. The topological polar surface area (TPSA) is 61.8 Å². The van der Waals surface area contributed by atoms with Crippen LogP contribution < -0.4 is 5.32 Å². The van der Waals surface area contributed by atoms with E-state index in [1.54, 1.807) is 11.8 Å². The van der Waals surface area contributed by atoms with E-state index < -0.39 is 0 Å². The van der Waals surface area contributed by atoms with E-state index in [9.17, 15) is 9.90 Å². The molecular weight excluding hydrogens is 244 g/mol. The molecular formula is C14H28N2O3. The van der Waals surface area contributed by atoms with Crippen LogP contribution in [0.5, 0.6) is 0 Å². The van der Waals surface area contributed by atoms with Crippen molar-refractivity contribution in [2.45, 2.75) is 59.4 Å². The molecule has 5 nitrogen and oxygen atoms in total. The fourth-order valence-corrected chi connectivity index (χ4v) is 2.64. The second kappa shape index (κ2) is 6.57. The molecule has 2 N–H and O–H groups in total. The van der Waals surface area contributed by atoms with Crippen molar-refractivity contribution in [1.29, 1.82) is 0 Å². The normalized spacial score (nSPS) is 26.1. The molecule has 0 saturated carbocycles. The molecule has 0 aromatic heterocycles. The Hall–Kier alpha value is -0.810. The first-order valence-corrected chi connectivity index (χ1v) is 7.06. The van der Waals surface area contributed by atoms with Gasteiger partial charge in [0.25, 0.3) is 0 Å². The van der Waals surface area contributed by atoms with E-state index in [4.69, 9.17) is 4.74 Å². The van der Waals surface area contributed by atoms with E-state index in [0.29, 0.717) is 26.1 Å². The Morgan fingerprint density at radius 3 is 2.42 bits per heavy atom. The molecule has 0 aromatic carbocycles. The van der Waals surface area contributed by atoms with Crippen molar-refractivity contribution >= 4 is 6.03 Å². The Kier molecular flexibility index (Phi) is 5.62. The number of carbonyl (C=O) groups excluding carboxylic acids is 1. The highest BCUT2D eigenvalue weighted by molar-refractivity contribution is 5.74. The first-order chi connectivity index (χ1) is 8.69. The third kappa shape index (κ3) is 5.78. The summed E-state index contributed by atoms with van der Waals surface area (Å²) in [5.41, 5.74) is -0.104. The molecule has 0 aromatic rings. The summed E-state index contributed by atoms with van der Waals surface area (Å²) in [5, 5.41) is 12.4. The SMILES string of the molecule is CC(O)CC(C)(C)CNC(=O)N1CC(C)OC(C)C1. The molecule has 0 spiro atoms. The van der Waals surface area contributed by atoms with Gasteiger partial charge in [-0.3, -0.25) is 0 Å². The third-order valence-electron chi connectivity index (χ3n) is 3.27. The highest BCUT2D eigenvalue weighted by Gasteiger charge is 2.27. The number of nitrogens with one attached hydrogen (secondary N) is 1. The van der Waals surface area contributed by atoms with Crippen LogP contribution >= 0.6 is 0 Å². The summed E-state index contributed by atoms with van der Waals surface area (Å²) in [4.78, 5) is 13.9. The van der Waals surface area contributed by atoms with Gasteiger partial charge >= 0.3 is 6.03 Å². The largest absolute Gasteiger partial charge is 0.393 e. The molecule has 0 radical (unpaired) electrons. The quantitative estimate of drug-likeness (QED) is 0.817. The van der Waals surface area contributed by atoms with Gasteiger partial charge in [0.1, 0.15) is 0 Å². The van der Waals surface area contributed by atoms with Crippen molar-refractivity contribution in [2.24, 2.45) is 5.41 Å². The number of urea groups is 1. The number of hydrogen-bond donors (Lipinski definition) is 2. The van der Waals surface area contributed by atoms with Crippen molar-refractivity contribution in [3.05, 3.63) is 0 Å². The summed E-state index contributed by atoms with van der Waals surface area (Å²) in [6.45, 7) is 11.7. The van der Waals surface area contributed by atoms with Gasteiger partial charge in [0.15, 0.2) is 0 Å². The van der Waals surface area contributed by atoms with Crippen LogP contribution in [0.15, 0.2) is 0 Å². The summed E-state index contributed by atoms with van der Waals surface area (Å²) < 4.78 is 5.61. The van der Waals surface area contributed by atoms with E-state index >= 15 is 0 Å². The number of morpholine rings is 1. The van der Waals surface area contributed by atoms with Gasteiger partial charge in [-0.05, 0) is 32.6 Å². The standard InChI is InChI=1S/C14H28N2O3/c1-10(17)6-14(4,5)9-15-13(18)16-7-11(2)19-12(3)8-16/h10-12,17H,6-9H2,1-5H3,(H,15,18). The van der Waals surface area contributed by atoms with Crippen molar-refractivity contribution in [3.63, 3.8) is 0 Å². The maximum atomic E-state index is 12.1. The van der Waals surface area contributed by atoms with E-state index in [1.807, 2.05) is 27.7 Å². The fraction of sp³-hybridized carbons (Fsp3) is 0.929. The Bertz CT molecular complexity index is 295. The van der Waals surface area contributed by atoms with Crippen molar-refractivity contribution < 1.29 is 14.6 Å². The Morgan fingerprint density at radius 2 is 1.95 bits per heavy atom. The minimum absolute atomic E-state index is 0.0410. The van der Waals surface area contributed by atoms with Gasteiger partial charge in [0, 0.05) is 19.6 Å². The molecule has 1 aliphatic rings. The molecule has 1 rings (SSSR count). The Labute approximate surface area is 116 Å². The molecule has 1 saturated heterocycles. The maximum Gasteiger partial charge on any atom is 0.317 e. The van der Waals surface area contributed by atoms with Gasteiger partial charge in [-0.15, -0.1) is 0 Å². The molecule has 112 valence electrons. The van der Waals surface area contributed by atoms with Gasteiger partial charge < -0.3 is 20.1 Å². The molecule has 3 unspecified atom stereocenters. The number of hydrogen-bond acceptors (Lipinski definition) is 3. The lowest BCUT2D eigenvalue weighted by molar-refractivity contribution is -0.0547. The van der Waals surface area contributed by atoms with Gasteiger partial charge in [-0.2, -0.15) is 0 Å². The number of amides is 2. The zero-order chi connectivity index (χ0) is 14.6. The van der Waals surface area contributed by atoms with E-state index in [-0.39, 0.29) is 29.8 Å². The van der Waals surface area contributed by atoms with Crippen molar-refractivity contribution in [2.75, 3.05) is 19.6 Å². The predicted molar refractivity (Wildman–Crippen MR) is 75.1 cm³/mol. The number of ether oxygens (including phenoxy) is 1. The average molecular weight is 272 g/mol. The van der Waals surface area contributed by atoms with Crippen LogP contribution in [0.1, 0.15) is 41.0 Å². The van der Waals surface area contributed by atoms with Crippen LogP contribution in [0.25, 0.3) is 0 Å². The molecule has 3 atom stereocenters. The Balaban J connectivity index is 2.42.